The van der Waals surface area contributed by atoms with Crippen LogP contribution in [0.25, 0.3) is 0 Å². The first-order chi connectivity index (χ1) is 8.73. The molecule has 0 spiro atoms. The van der Waals surface area contributed by atoms with Crippen LogP contribution in [0.3, 0.4) is 0 Å². The summed E-state index contributed by atoms with van der Waals surface area (Å²) in [5, 5.41) is 11.2. The maximum Gasteiger partial charge on any atom is 0.408 e. The summed E-state index contributed by atoms with van der Waals surface area (Å²) in [6.45, 7) is 4.98. The fraction of sp³-hybridized carbons (Fsp3) is 0.385. The monoisotopic (exact) mass is 268 g/mol. The highest BCUT2D eigenvalue weighted by atomic mass is 19.1. The average Bonchev–Trinajstić information content (AvgIpc) is 2.24. The lowest BCUT2D eigenvalue weighted by atomic mass is 10.1. The Morgan fingerprint density at radius 3 is 2.53 bits per heavy atom. The number of nitriles is 1. The summed E-state index contributed by atoms with van der Waals surface area (Å²) in [7, 11) is 0. The number of carbonyl (C=O) groups is 1. The second kappa shape index (κ2) is 5.65. The number of hydrogen-bond donors (Lipinski definition) is 1. The Hall–Kier alpha value is -2.16. The summed E-state index contributed by atoms with van der Waals surface area (Å²) >= 11 is 0. The number of benzene rings is 1. The largest absolute Gasteiger partial charge is 0.444 e. The number of nitrogens with zero attached hydrogens (tertiary/aromatic N) is 1. The van der Waals surface area contributed by atoms with E-state index in [0.717, 1.165) is 12.1 Å². The third-order valence-corrected chi connectivity index (χ3v) is 2.06. The van der Waals surface area contributed by atoms with Crippen LogP contribution >= 0.6 is 0 Å². The van der Waals surface area contributed by atoms with Crippen LogP contribution in [-0.4, -0.2) is 11.7 Å². The van der Waals surface area contributed by atoms with Crippen molar-refractivity contribution in [2.75, 3.05) is 0 Å². The van der Waals surface area contributed by atoms with Crippen LogP contribution < -0.4 is 5.32 Å². The summed E-state index contributed by atoms with van der Waals surface area (Å²) in [6, 6.07) is 3.25. The van der Waals surface area contributed by atoms with Crippen LogP contribution in [0.1, 0.15) is 32.4 Å². The summed E-state index contributed by atoms with van der Waals surface area (Å²) in [5.41, 5.74) is -0.847. The van der Waals surface area contributed by atoms with Crippen molar-refractivity contribution < 1.29 is 18.3 Å². The molecule has 19 heavy (non-hydrogen) atoms. The minimum atomic E-state index is -1.24. The highest BCUT2D eigenvalue weighted by Crippen LogP contribution is 2.18. The van der Waals surface area contributed by atoms with Gasteiger partial charge >= 0.3 is 6.09 Å². The molecule has 4 nitrogen and oxygen atoms in total. The van der Waals surface area contributed by atoms with Crippen LogP contribution in [0, 0.1) is 23.0 Å². The van der Waals surface area contributed by atoms with Crippen LogP contribution in [0.2, 0.25) is 0 Å². The van der Waals surface area contributed by atoms with E-state index in [-0.39, 0.29) is 5.56 Å². The summed E-state index contributed by atoms with van der Waals surface area (Å²) < 4.78 is 31.2. The molecule has 0 heterocycles. The third kappa shape index (κ3) is 4.54. The van der Waals surface area contributed by atoms with Gasteiger partial charge in [-0.25, -0.2) is 13.6 Å². The first-order valence-electron chi connectivity index (χ1n) is 5.57. The minimum absolute atomic E-state index is 0.116. The average molecular weight is 268 g/mol. The maximum absolute atomic E-state index is 13.5. The minimum Gasteiger partial charge on any atom is -0.444 e. The van der Waals surface area contributed by atoms with Crippen molar-refractivity contribution in [2.45, 2.75) is 32.4 Å². The van der Waals surface area contributed by atoms with Crippen molar-refractivity contribution >= 4 is 6.09 Å². The Morgan fingerprint density at radius 2 is 2.05 bits per heavy atom. The quantitative estimate of drug-likeness (QED) is 0.896. The number of nitrogens with one attached hydrogen (secondary N) is 1. The van der Waals surface area contributed by atoms with Crippen LogP contribution in [0.15, 0.2) is 18.2 Å². The van der Waals surface area contributed by atoms with Gasteiger partial charge in [0, 0.05) is 11.6 Å². The molecule has 1 aromatic rings. The predicted octanol–water partition coefficient (Wildman–Crippen LogP) is 3.05. The van der Waals surface area contributed by atoms with Gasteiger partial charge in [0.25, 0.3) is 0 Å². The molecule has 0 saturated carbocycles. The van der Waals surface area contributed by atoms with Crippen molar-refractivity contribution in [2.24, 2.45) is 0 Å². The summed E-state index contributed by atoms with van der Waals surface area (Å²) in [5.74, 6) is -1.65. The zero-order valence-electron chi connectivity index (χ0n) is 10.8. The van der Waals surface area contributed by atoms with Gasteiger partial charge in [0.1, 0.15) is 23.3 Å². The second-order valence-corrected chi connectivity index (χ2v) is 4.87. The molecule has 1 amide bonds. The van der Waals surface area contributed by atoms with Gasteiger partial charge < -0.3 is 10.1 Å². The summed E-state index contributed by atoms with van der Waals surface area (Å²) in [4.78, 5) is 11.5. The van der Waals surface area contributed by atoms with Gasteiger partial charge in [-0.1, -0.05) is 6.07 Å². The SMILES string of the molecule is CC(C)(C)OC(=O)NC(C#N)c1ccc(F)cc1F. The molecule has 0 aliphatic rings. The van der Waals surface area contributed by atoms with E-state index in [4.69, 9.17) is 10.00 Å². The van der Waals surface area contributed by atoms with Gasteiger partial charge in [-0.05, 0) is 26.8 Å². The topological polar surface area (TPSA) is 62.1 Å². The first kappa shape index (κ1) is 14.9. The highest BCUT2D eigenvalue weighted by molar-refractivity contribution is 5.69. The lowest BCUT2D eigenvalue weighted by Gasteiger charge is -2.21. The molecule has 0 saturated heterocycles. The molecule has 6 heteroatoms. The lowest BCUT2D eigenvalue weighted by molar-refractivity contribution is 0.0515. The lowest BCUT2D eigenvalue weighted by Crippen LogP contribution is -2.34. The molecule has 0 aromatic heterocycles. The van der Waals surface area contributed by atoms with Gasteiger partial charge in [-0.15, -0.1) is 0 Å². The fourth-order valence-electron chi connectivity index (χ4n) is 1.34. The van der Waals surface area contributed by atoms with E-state index in [9.17, 15) is 13.6 Å². The highest BCUT2D eigenvalue weighted by Gasteiger charge is 2.22. The number of carbonyl (C=O) groups excluding carboxylic acids is 1. The molecule has 0 aliphatic carbocycles. The second-order valence-electron chi connectivity index (χ2n) is 4.87. The smallest absolute Gasteiger partial charge is 0.408 e. The molecule has 1 aromatic carbocycles. The molecule has 1 atom stereocenters. The number of alkyl carbamates (subject to hydrolysis) is 1. The Morgan fingerprint density at radius 1 is 1.42 bits per heavy atom. The maximum atomic E-state index is 13.5. The molecule has 1 rings (SSSR count). The zero-order valence-corrected chi connectivity index (χ0v) is 10.8. The van der Waals surface area contributed by atoms with Crippen molar-refractivity contribution in [3.8, 4) is 6.07 Å². The van der Waals surface area contributed by atoms with Gasteiger partial charge in [-0.3, -0.25) is 0 Å². The van der Waals surface area contributed by atoms with Crippen molar-refractivity contribution in [1.82, 2.24) is 5.32 Å². The van der Waals surface area contributed by atoms with E-state index >= 15 is 0 Å². The Labute approximate surface area is 110 Å². The molecule has 1 unspecified atom stereocenters. The van der Waals surface area contributed by atoms with Crippen LogP contribution in [-0.2, 0) is 4.74 Å². The molecule has 1 N–H and O–H groups in total. The number of ether oxygens (including phenoxy) is 1. The number of amides is 1. The number of rotatable bonds is 2. The number of halogens is 2. The fourth-order valence-corrected chi connectivity index (χ4v) is 1.34. The normalized spacial score (nSPS) is 12.4. The van der Waals surface area contributed by atoms with E-state index < -0.39 is 29.4 Å². The molecule has 0 aliphatic heterocycles. The van der Waals surface area contributed by atoms with Gasteiger partial charge in [0.05, 0.1) is 6.07 Å². The van der Waals surface area contributed by atoms with Crippen molar-refractivity contribution in [3.63, 3.8) is 0 Å². The van der Waals surface area contributed by atoms with Gasteiger partial charge in [0.2, 0.25) is 0 Å². The predicted molar refractivity (Wildman–Crippen MR) is 64.1 cm³/mol. The Balaban J connectivity index is 2.85. The zero-order chi connectivity index (χ0) is 14.6. The molecule has 0 bridgehead atoms. The molecule has 0 radical (unpaired) electrons. The third-order valence-electron chi connectivity index (χ3n) is 2.06. The van der Waals surface area contributed by atoms with Crippen molar-refractivity contribution in [3.05, 3.63) is 35.4 Å². The summed E-state index contributed by atoms with van der Waals surface area (Å²) in [6.07, 6.45) is -0.845. The van der Waals surface area contributed by atoms with E-state index in [1.807, 2.05) is 0 Å². The number of hydrogen-bond acceptors (Lipinski definition) is 3. The molecular weight excluding hydrogens is 254 g/mol. The Bertz CT molecular complexity index is 518. The van der Waals surface area contributed by atoms with Gasteiger partial charge in [-0.2, -0.15) is 5.26 Å². The van der Waals surface area contributed by atoms with E-state index in [1.165, 1.54) is 0 Å². The molecular formula is C13H14F2N2O2. The van der Waals surface area contributed by atoms with Crippen LogP contribution in [0.5, 0.6) is 0 Å². The standard InChI is InChI=1S/C13H14F2N2O2/c1-13(2,3)19-12(18)17-11(7-16)9-5-4-8(14)6-10(9)15/h4-6,11H,1-3H3,(H,17,18). The van der Waals surface area contributed by atoms with E-state index in [0.29, 0.717) is 6.07 Å². The van der Waals surface area contributed by atoms with E-state index in [1.54, 1.807) is 26.8 Å². The Kier molecular flexibility index (Phi) is 4.43. The van der Waals surface area contributed by atoms with E-state index in [2.05, 4.69) is 5.32 Å². The molecule has 102 valence electrons. The van der Waals surface area contributed by atoms with Crippen molar-refractivity contribution in [1.29, 1.82) is 5.26 Å². The van der Waals surface area contributed by atoms with Gasteiger partial charge in [0.15, 0.2) is 0 Å². The molecule has 0 fully saturated rings. The first-order valence-corrected chi connectivity index (χ1v) is 5.57. The van der Waals surface area contributed by atoms with Crippen LogP contribution in [0.4, 0.5) is 13.6 Å².